The van der Waals surface area contributed by atoms with Gasteiger partial charge < -0.3 is 5.32 Å². The molecule has 0 aliphatic rings. The van der Waals surface area contributed by atoms with E-state index in [9.17, 15) is 0 Å². The molecule has 1 aromatic carbocycles. The average molecular weight is 219 g/mol. The van der Waals surface area contributed by atoms with E-state index >= 15 is 0 Å². The molecule has 2 unspecified atom stereocenters. The molecule has 0 aliphatic carbocycles. The number of rotatable bonds is 6. The Bertz CT molecular complexity index is 306. The number of hydrogen-bond donors (Lipinski definition) is 1. The van der Waals surface area contributed by atoms with Crippen LogP contribution in [0.4, 0.5) is 0 Å². The van der Waals surface area contributed by atoms with Gasteiger partial charge in [-0.3, -0.25) is 0 Å². The summed E-state index contributed by atoms with van der Waals surface area (Å²) in [6.45, 7) is 6.80. The fourth-order valence-corrected chi connectivity index (χ4v) is 2.02. The normalized spacial score (nSPS) is 14.8. The van der Waals surface area contributed by atoms with Crippen molar-refractivity contribution >= 4 is 0 Å². The van der Waals surface area contributed by atoms with Crippen LogP contribution >= 0.6 is 0 Å². The van der Waals surface area contributed by atoms with Gasteiger partial charge in [-0.05, 0) is 36.9 Å². The van der Waals surface area contributed by atoms with Gasteiger partial charge in [0, 0.05) is 6.04 Å². The molecule has 1 heteroatoms. The van der Waals surface area contributed by atoms with Crippen LogP contribution in [0.3, 0.4) is 0 Å². The molecule has 0 bridgehead atoms. The SMILES string of the molecule is CCc1cccc(C(CC(C)CC)NC)c1. The maximum absolute atomic E-state index is 3.43. The lowest BCUT2D eigenvalue weighted by atomic mass is 9.93. The summed E-state index contributed by atoms with van der Waals surface area (Å²) in [4.78, 5) is 0. The Labute approximate surface area is 100 Å². The van der Waals surface area contributed by atoms with Crippen LogP contribution in [-0.4, -0.2) is 7.05 Å². The Balaban J connectivity index is 2.77. The van der Waals surface area contributed by atoms with Crippen molar-refractivity contribution in [3.63, 3.8) is 0 Å². The lowest BCUT2D eigenvalue weighted by molar-refractivity contribution is 0.422. The molecule has 0 heterocycles. The smallest absolute Gasteiger partial charge is 0.0320 e. The molecule has 0 spiro atoms. The summed E-state index contributed by atoms with van der Waals surface area (Å²) in [5.74, 6) is 0.780. The van der Waals surface area contributed by atoms with Gasteiger partial charge in [-0.2, -0.15) is 0 Å². The highest BCUT2D eigenvalue weighted by atomic mass is 14.9. The van der Waals surface area contributed by atoms with Crippen molar-refractivity contribution in [2.45, 2.75) is 46.1 Å². The van der Waals surface area contributed by atoms with Crippen LogP contribution in [0.2, 0.25) is 0 Å². The second kappa shape index (κ2) is 6.70. The number of nitrogens with one attached hydrogen (secondary N) is 1. The van der Waals surface area contributed by atoms with Crippen LogP contribution in [0, 0.1) is 5.92 Å². The minimum atomic E-state index is 0.501. The zero-order chi connectivity index (χ0) is 12.0. The molecule has 0 fully saturated rings. The number of benzene rings is 1. The summed E-state index contributed by atoms with van der Waals surface area (Å²) in [6.07, 6.45) is 3.60. The first-order chi connectivity index (χ1) is 7.71. The third-order valence-electron chi connectivity index (χ3n) is 3.45. The van der Waals surface area contributed by atoms with Gasteiger partial charge in [0.05, 0.1) is 0 Å². The lowest BCUT2D eigenvalue weighted by Gasteiger charge is -2.20. The van der Waals surface area contributed by atoms with Crippen molar-refractivity contribution in [3.05, 3.63) is 35.4 Å². The average Bonchev–Trinajstić information content (AvgIpc) is 2.35. The monoisotopic (exact) mass is 219 g/mol. The Morgan fingerprint density at radius 2 is 2.00 bits per heavy atom. The van der Waals surface area contributed by atoms with Gasteiger partial charge in [0.1, 0.15) is 0 Å². The van der Waals surface area contributed by atoms with Crippen molar-refractivity contribution in [1.29, 1.82) is 0 Å². The second-order valence-electron chi connectivity index (χ2n) is 4.69. The van der Waals surface area contributed by atoms with Crippen LogP contribution in [0.25, 0.3) is 0 Å². The molecule has 0 saturated heterocycles. The van der Waals surface area contributed by atoms with E-state index in [0.29, 0.717) is 6.04 Å². The van der Waals surface area contributed by atoms with E-state index in [1.165, 1.54) is 24.0 Å². The Morgan fingerprint density at radius 1 is 1.25 bits per heavy atom. The minimum Gasteiger partial charge on any atom is -0.313 e. The highest BCUT2D eigenvalue weighted by Gasteiger charge is 2.12. The molecule has 0 amide bonds. The molecule has 1 N–H and O–H groups in total. The van der Waals surface area contributed by atoms with Gasteiger partial charge in [0.15, 0.2) is 0 Å². The van der Waals surface area contributed by atoms with E-state index in [1.807, 2.05) is 0 Å². The lowest BCUT2D eigenvalue weighted by Crippen LogP contribution is -2.19. The van der Waals surface area contributed by atoms with Gasteiger partial charge in [-0.1, -0.05) is 51.5 Å². The zero-order valence-electron chi connectivity index (χ0n) is 11.1. The standard InChI is InChI=1S/C15H25N/c1-5-12(3)10-15(16-4)14-9-7-8-13(6-2)11-14/h7-9,11-12,15-16H,5-6,10H2,1-4H3. The van der Waals surface area contributed by atoms with Crippen LogP contribution < -0.4 is 5.32 Å². The van der Waals surface area contributed by atoms with Gasteiger partial charge >= 0.3 is 0 Å². The summed E-state index contributed by atoms with van der Waals surface area (Å²) in [5.41, 5.74) is 2.86. The largest absolute Gasteiger partial charge is 0.313 e. The third-order valence-corrected chi connectivity index (χ3v) is 3.45. The predicted molar refractivity (Wildman–Crippen MR) is 71.7 cm³/mol. The highest BCUT2D eigenvalue weighted by Crippen LogP contribution is 2.23. The topological polar surface area (TPSA) is 12.0 Å². The summed E-state index contributed by atoms with van der Waals surface area (Å²) < 4.78 is 0. The van der Waals surface area contributed by atoms with Crippen molar-refractivity contribution < 1.29 is 0 Å². The molecule has 1 nitrogen and oxygen atoms in total. The van der Waals surface area contributed by atoms with Crippen LogP contribution in [0.1, 0.15) is 50.8 Å². The highest BCUT2D eigenvalue weighted by molar-refractivity contribution is 5.26. The summed E-state index contributed by atoms with van der Waals surface area (Å²) in [5, 5.41) is 3.43. The molecule has 0 radical (unpaired) electrons. The van der Waals surface area contributed by atoms with Crippen LogP contribution in [0.5, 0.6) is 0 Å². The van der Waals surface area contributed by atoms with E-state index in [4.69, 9.17) is 0 Å². The Hall–Kier alpha value is -0.820. The molecule has 0 aromatic heterocycles. The third kappa shape index (κ3) is 3.64. The van der Waals surface area contributed by atoms with E-state index in [1.54, 1.807) is 0 Å². The predicted octanol–water partition coefficient (Wildman–Crippen LogP) is 3.95. The van der Waals surface area contributed by atoms with Crippen LogP contribution in [0.15, 0.2) is 24.3 Å². The molecule has 0 aliphatic heterocycles. The molecule has 90 valence electrons. The molecule has 1 aromatic rings. The molecular formula is C15H25N. The Morgan fingerprint density at radius 3 is 2.56 bits per heavy atom. The summed E-state index contributed by atoms with van der Waals surface area (Å²) in [7, 11) is 2.06. The van der Waals surface area contributed by atoms with E-state index in [0.717, 1.165) is 12.3 Å². The first-order valence-electron chi connectivity index (χ1n) is 6.47. The summed E-state index contributed by atoms with van der Waals surface area (Å²) in [6, 6.07) is 9.46. The quantitative estimate of drug-likeness (QED) is 0.764. The van der Waals surface area contributed by atoms with E-state index in [2.05, 4.69) is 57.4 Å². The molecule has 16 heavy (non-hydrogen) atoms. The first kappa shape index (κ1) is 13.2. The van der Waals surface area contributed by atoms with Gasteiger partial charge in [0.2, 0.25) is 0 Å². The van der Waals surface area contributed by atoms with Gasteiger partial charge in [-0.15, -0.1) is 0 Å². The maximum atomic E-state index is 3.43. The second-order valence-corrected chi connectivity index (χ2v) is 4.69. The number of hydrogen-bond acceptors (Lipinski definition) is 1. The molecule has 2 atom stereocenters. The van der Waals surface area contributed by atoms with Crippen molar-refractivity contribution in [3.8, 4) is 0 Å². The fourth-order valence-electron chi connectivity index (χ4n) is 2.02. The Kier molecular flexibility index (Phi) is 5.54. The van der Waals surface area contributed by atoms with E-state index < -0.39 is 0 Å². The maximum Gasteiger partial charge on any atom is 0.0320 e. The van der Waals surface area contributed by atoms with Gasteiger partial charge in [-0.25, -0.2) is 0 Å². The van der Waals surface area contributed by atoms with E-state index in [-0.39, 0.29) is 0 Å². The number of aryl methyl sites for hydroxylation is 1. The fraction of sp³-hybridized carbons (Fsp3) is 0.600. The van der Waals surface area contributed by atoms with Crippen molar-refractivity contribution in [1.82, 2.24) is 5.32 Å². The minimum absolute atomic E-state index is 0.501. The zero-order valence-corrected chi connectivity index (χ0v) is 11.1. The van der Waals surface area contributed by atoms with Crippen LogP contribution in [-0.2, 0) is 6.42 Å². The summed E-state index contributed by atoms with van der Waals surface area (Å²) >= 11 is 0. The molecule has 1 rings (SSSR count). The first-order valence-corrected chi connectivity index (χ1v) is 6.47. The molecule has 0 saturated carbocycles. The van der Waals surface area contributed by atoms with Gasteiger partial charge in [0.25, 0.3) is 0 Å². The van der Waals surface area contributed by atoms with Crippen molar-refractivity contribution in [2.24, 2.45) is 5.92 Å². The van der Waals surface area contributed by atoms with Crippen molar-refractivity contribution in [2.75, 3.05) is 7.05 Å². The molecular weight excluding hydrogens is 194 g/mol.